The Hall–Kier alpha value is -0.905. The van der Waals surface area contributed by atoms with Crippen LogP contribution in [0.25, 0.3) is 10.1 Å². The SMILES string of the molecule is Cc1c(F)sc2cc(B(O)O)ccc12. The summed E-state index contributed by atoms with van der Waals surface area (Å²) in [4.78, 5) is 0. The van der Waals surface area contributed by atoms with Crippen molar-refractivity contribution < 1.29 is 14.4 Å². The fraction of sp³-hybridized carbons (Fsp3) is 0.111. The highest BCUT2D eigenvalue weighted by Crippen LogP contribution is 2.28. The first-order chi connectivity index (χ1) is 6.59. The predicted octanol–water partition coefficient (Wildman–Crippen LogP) is 1.03. The van der Waals surface area contributed by atoms with Crippen LogP contribution in [0, 0.1) is 12.1 Å². The maximum Gasteiger partial charge on any atom is 0.488 e. The van der Waals surface area contributed by atoms with Gasteiger partial charge in [-0.15, -0.1) is 11.3 Å². The van der Waals surface area contributed by atoms with Gasteiger partial charge < -0.3 is 10.0 Å². The lowest BCUT2D eigenvalue weighted by molar-refractivity contribution is 0.426. The molecule has 2 N–H and O–H groups in total. The molecule has 14 heavy (non-hydrogen) atoms. The Labute approximate surface area is 84.8 Å². The van der Waals surface area contributed by atoms with Crippen molar-refractivity contribution in [2.24, 2.45) is 0 Å². The highest BCUT2D eigenvalue weighted by molar-refractivity contribution is 7.17. The maximum absolute atomic E-state index is 13.2. The standard InChI is InChI=1S/C9H8BFO2S/c1-5-7-3-2-6(10(12)13)4-8(7)14-9(5)11/h2-4,12-13H,1H3. The van der Waals surface area contributed by atoms with Crippen molar-refractivity contribution in [3.8, 4) is 0 Å². The fourth-order valence-corrected chi connectivity index (χ4v) is 2.35. The Balaban J connectivity index is 2.67. The quantitative estimate of drug-likeness (QED) is 0.690. The first-order valence-electron chi connectivity index (χ1n) is 4.14. The Kier molecular flexibility index (Phi) is 2.30. The van der Waals surface area contributed by atoms with E-state index in [1.165, 1.54) is 0 Å². The topological polar surface area (TPSA) is 40.5 Å². The smallest absolute Gasteiger partial charge is 0.423 e. The molecule has 0 aliphatic rings. The van der Waals surface area contributed by atoms with E-state index in [1.54, 1.807) is 25.1 Å². The Bertz CT molecular complexity index is 481. The molecule has 2 aromatic rings. The van der Waals surface area contributed by atoms with Crippen LogP contribution in [-0.2, 0) is 0 Å². The molecule has 0 atom stereocenters. The fourth-order valence-electron chi connectivity index (χ4n) is 1.37. The van der Waals surface area contributed by atoms with Gasteiger partial charge in [0.15, 0.2) is 5.13 Å². The summed E-state index contributed by atoms with van der Waals surface area (Å²) in [6.07, 6.45) is 0. The van der Waals surface area contributed by atoms with E-state index < -0.39 is 7.12 Å². The Morgan fingerprint density at radius 3 is 2.71 bits per heavy atom. The third kappa shape index (κ3) is 1.43. The molecule has 5 heteroatoms. The number of benzene rings is 1. The Morgan fingerprint density at radius 1 is 1.36 bits per heavy atom. The summed E-state index contributed by atoms with van der Waals surface area (Å²) in [6, 6.07) is 4.89. The lowest BCUT2D eigenvalue weighted by Gasteiger charge is -1.98. The van der Waals surface area contributed by atoms with E-state index in [0.29, 0.717) is 11.0 Å². The third-order valence-electron chi connectivity index (χ3n) is 2.20. The number of fused-ring (bicyclic) bond motifs is 1. The molecule has 0 spiro atoms. The normalized spacial score (nSPS) is 10.9. The minimum atomic E-state index is -1.50. The molecule has 1 aromatic heterocycles. The van der Waals surface area contributed by atoms with Crippen molar-refractivity contribution in [1.29, 1.82) is 0 Å². The van der Waals surface area contributed by atoms with Crippen LogP contribution >= 0.6 is 11.3 Å². The summed E-state index contributed by atoms with van der Waals surface area (Å²) in [5, 5.41) is 18.5. The van der Waals surface area contributed by atoms with Gasteiger partial charge in [-0.25, -0.2) is 0 Å². The van der Waals surface area contributed by atoms with Crippen molar-refractivity contribution in [1.82, 2.24) is 0 Å². The van der Waals surface area contributed by atoms with Gasteiger partial charge in [0.25, 0.3) is 0 Å². The molecule has 0 aliphatic carbocycles. The minimum Gasteiger partial charge on any atom is -0.423 e. The average molecular weight is 210 g/mol. The maximum atomic E-state index is 13.2. The second-order valence-corrected chi connectivity index (χ2v) is 4.13. The molecule has 0 fully saturated rings. The van der Waals surface area contributed by atoms with Crippen LogP contribution in [0.2, 0.25) is 0 Å². The molecule has 0 radical (unpaired) electrons. The molecule has 0 saturated heterocycles. The van der Waals surface area contributed by atoms with Crippen LogP contribution in [0.4, 0.5) is 4.39 Å². The van der Waals surface area contributed by atoms with E-state index in [2.05, 4.69) is 0 Å². The van der Waals surface area contributed by atoms with Gasteiger partial charge in [-0.05, 0) is 23.8 Å². The molecule has 1 heterocycles. The second kappa shape index (κ2) is 3.35. The molecule has 2 nitrogen and oxygen atoms in total. The van der Waals surface area contributed by atoms with Crippen LogP contribution in [0.15, 0.2) is 18.2 Å². The number of aryl methyl sites for hydroxylation is 1. The molecule has 0 amide bonds. The molecule has 1 aromatic carbocycles. The van der Waals surface area contributed by atoms with Crippen LogP contribution < -0.4 is 5.46 Å². The van der Waals surface area contributed by atoms with Gasteiger partial charge in [0.2, 0.25) is 0 Å². The molecule has 0 aliphatic heterocycles. The molecule has 2 rings (SSSR count). The number of thiophene rings is 1. The van der Waals surface area contributed by atoms with Crippen LogP contribution in [0.5, 0.6) is 0 Å². The number of hydrogen-bond acceptors (Lipinski definition) is 3. The van der Waals surface area contributed by atoms with Crippen LogP contribution in [0.1, 0.15) is 5.56 Å². The van der Waals surface area contributed by atoms with E-state index in [-0.39, 0.29) is 5.13 Å². The van der Waals surface area contributed by atoms with E-state index in [1.807, 2.05) is 0 Å². The lowest BCUT2D eigenvalue weighted by Crippen LogP contribution is -2.29. The van der Waals surface area contributed by atoms with Gasteiger partial charge in [-0.1, -0.05) is 12.1 Å². The van der Waals surface area contributed by atoms with Crippen molar-refractivity contribution in [2.75, 3.05) is 0 Å². The largest absolute Gasteiger partial charge is 0.488 e. The average Bonchev–Trinajstić information content (AvgIpc) is 2.42. The first-order valence-corrected chi connectivity index (χ1v) is 4.96. The van der Waals surface area contributed by atoms with E-state index >= 15 is 0 Å². The van der Waals surface area contributed by atoms with Crippen molar-refractivity contribution >= 4 is 34.0 Å². The van der Waals surface area contributed by atoms with Gasteiger partial charge in [-0.2, -0.15) is 4.39 Å². The van der Waals surface area contributed by atoms with Crippen LogP contribution in [-0.4, -0.2) is 17.2 Å². The van der Waals surface area contributed by atoms with Gasteiger partial charge >= 0.3 is 7.12 Å². The molecular formula is C9H8BFO2S. The number of halogens is 1. The van der Waals surface area contributed by atoms with Gasteiger partial charge in [-0.3, -0.25) is 0 Å². The van der Waals surface area contributed by atoms with Crippen molar-refractivity contribution in [2.45, 2.75) is 6.92 Å². The van der Waals surface area contributed by atoms with E-state index in [0.717, 1.165) is 21.4 Å². The summed E-state index contributed by atoms with van der Waals surface area (Å²) >= 11 is 1.02. The molecular weight excluding hydrogens is 202 g/mol. The highest BCUT2D eigenvalue weighted by Gasteiger charge is 2.14. The molecule has 72 valence electrons. The van der Waals surface area contributed by atoms with E-state index in [4.69, 9.17) is 10.0 Å². The van der Waals surface area contributed by atoms with Gasteiger partial charge in [0, 0.05) is 10.3 Å². The summed E-state index contributed by atoms with van der Waals surface area (Å²) in [7, 11) is -1.50. The monoisotopic (exact) mass is 210 g/mol. The summed E-state index contributed by atoms with van der Waals surface area (Å²) < 4.78 is 13.9. The lowest BCUT2D eigenvalue weighted by atomic mass is 9.80. The summed E-state index contributed by atoms with van der Waals surface area (Å²) in [6.45, 7) is 1.71. The zero-order valence-electron chi connectivity index (χ0n) is 7.49. The molecule has 0 saturated carbocycles. The van der Waals surface area contributed by atoms with Gasteiger partial charge in [0.05, 0.1) is 0 Å². The van der Waals surface area contributed by atoms with Crippen LogP contribution in [0.3, 0.4) is 0 Å². The summed E-state index contributed by atoms with van der Waals surface area (Å²) in [5.74, 6) is 0. The predicted molar refractivity (Wildman–Crippen MR) is 56.3 cm³/mol. The number of hydrogen-bond donors (Lipinski definition) is 2. The first kappa shape index (κ1) is 9.64. The molecule has 0 unspecified atom stereocenters. The third-order valence-corrected chi connectivity index (χ3v) is 3.25. The van der Waals surface area contributed by atoms with E-state index in [9.17, 15) is 4.39 Å². The second-order valence-electron chi connectivity index (χ2n) is 3.13. The Morgan fingerprint density at radius 2 is 2.07 bits per heavy atom. The van der Waals surface area contributed by atoms with Gasteiger partial charge in [0.1, 0.15) is 0 Å². The zero-order valence-corrected chi connectivity index (χ0v) is 8.31. The summed E-state index contributed by atoms with van der Waals surface area (Å²) in [5.41, 5.74) is 1.00. The van der Waals surface area contributed by atoms with Crippen molar-refractivity contribution in [3.05, 3.63) is 28.9 Å². The number of rotatable bonds is 1. The van der Waals surface area contributed by atoms with Crippen molar-refractivity contribution in [3.63, 3.8) is 0 Å². The highest BCUT2D eigenvalue weighted by atomic mass is 32.1. The molecule has 0 bridgehead atoms. The minimum absolute atomic E-state index is 0.218. The zero-order chi connectivity index (χ0) is 10.3.